The normalized spacial score (nSPS) is 17.8. The highest BCUT2D eigenvalue weighted by molar-refractivity contribution is 7.12. The van der Waals surface area contributed by atoms with Gasteiger partial charge in [-0.05, 0) is 25.8 Å². The van der Waals surface area contributed by atoms with Crippen molar-refractivity contribution in [3.05, 3.63) is 40.0 Å². The van der Waals surface area contributed by atoms with Gasteiger partial charge in [0.2, 0.25) is 0 Å². The second kappa shape index (κ2) is 6.36. The summed E-state index contributed by atoms with van der Waals surface area (Å²) in [5.41, 5.74) is 2.90. The summed E-state index contributed by atoms with van der Waals surface area (Å²) in [6.45, 7) is 2.84. The van der Waals surface area contributed by atoms with Crippen LogP contribution in [0.15, 0.2) is 23.8 Å². The van der Waals surface area contributed by atoms with E-state index in [4.69, 9.17) is 0 Å². The lowest BCUT2D eigenvalue weighted by Crippen LogP contribution is -2.39. The van der Waals surface area contributed by atoms with Crippen molar-refractivity contribution in [2.24, 2.45) is 0 Å². The van der Waals surface area contributed by atoms with Crippen molar-refractivity contribution >= 4 is 34.2 Å². The number of aromatic nitrogens is 4. The number of hydrogen-bond acceptors (Lipinski definition) is 6. The van der Waals surface area contributed by atoms with Gasteiger partial charge in [-0.3, -0.25) is 14.7 Å². The number of fused-ring (bicyclic) bond motifs is 1. The molecule has 25 heavy (non-hydrogen) atoms. The molecule has 0 radical (unpaired) electrons. The van der Waals surface area contributed by atoms with E-state index in [1.807, 2.05) is 4.90 Å². The minimum atomic E-state index is -0.0247. The second-order valence-electron chi connectivity index (χ2n) is 6.21. The molecule has 3 aromatic rings. The van der Waals surface area contributed by atoms with Gasteiger partial charge in [0.15, 0.2) is 11.4 Å². The second-order valence-corrected chi connectivity index (χ2v) is 7.12. The SMILES string of the molecule is CC(=O)c1cc(C(=O)N2CCCC(c3[nH]nc4nccnc34)C2)cs1. The number of piperidine rings is 1. The summed E-state index contributed by atoms with van der Waals surface area (Å²) >= 11 is 1.32. The lowest BCUT2D eigenvalue weighted by Gasteiger charge is -2.32. The first kappa shape index (κ1) is 15.9. The van der Waals surface area contributed by atoms with E-state index in [-0.39, 0.29) is 17.6 Å². The first-order chi connectivity index (χ1) is 12.1. The van der Waals surface area contributed by atoms with Gasteiger partial charge in [-0.1, -0.05) is 0 Å². The molecule has 4 heterocycles. The number of ketones is 1. The molecule has 0 spiro atoms. The smallest absolute Gasteiger partial charge is 0.254 e. The molecule has 128 valence electrons. The summed E-state index contributed by atoms with van der Waals surface area (Å²) in [7, 11) is 0. The number of nitrogens with zero attached hydrogens (tertiary/aromatic N) is 4. The molecule has 8 heteroatoms. The maximum Gasteiger partial charge on any atom is 0.254 e. The number of rotatable bonds is 3. The molecular formula is C17H17N5O2S. The van der Waals surface area contributed by atoms with E-state index in [1.165, 1.54) is 18.3 Å². The Labute approximate surface area is 148 Å². The molecule has 1 amide bonds. The fourth-order valence-electron chi connectivity index (χ4n) is 3.27. The molecule has 1 aliphatic rings. The number of Topliss-reactive ketones (excluding diaryl/α,β-unsaturated/α-hetero) is 1. The highest BCUT2D eigenvalue weighted by Gasteiger charge is 2.28. The van der Waals surface area contributed by atoms with E-state index in [0.29, 0.717) is 22.6 Å². The van der Waals surface area contributed by atoms with Crippen LogP contribution in [0.25, 0.3) is 11.2 Å². The monoisotopic (exact) mass is 355 g/mol. The summed E-state index contributed by atoms with van der Waals surface area (Å²) in [5.74, 6) is 0.122. The third kappa shape index (κ3) is 2.93. The van der Waals surface area contributed by atoms with E-state index < -0.39 is 0 Å². The number of carbonyl (C=O) groups is 2. The topological polar surface area (TPSA) is 91.8 Å². The molecule has 1 saturated heterocycles. The average Bonchev–Trinajstić information content (AvgIpc) is 3.28. The molecule has 4 rings (SSSR count). The highest BCUT2D eigenvalue weighted by atomic mass is 32.1. The Bertz CT molecular complexity index is 947. The Balaban J connectivity index is 1.56. The molecule has 7 nitrogen and oxygen atoms in total. The van der Waals surface area contributed by atoms with Gasteiger partial charge < -0.3 is 4.90 Å². The van der Waals surface area contributed by atoms with Crippen LogP contribution in [0.3, 0.4) is 0 Å². The number of carbonyl (C=O) groups excluding carboxylic acids is 2. The Morgan fingerprint density at radius 3 is 2.96 bits per heavy atom. The summed E-state index contributed by atoms with van der Waals surface area (Å²) in [4.78, 5) is 35.3. The van der Waals surface area contributed by atoms with Gasteiger partial charge >= 0.3 is 0 Å². The van der Waals surface area contributed by atoms with E-state index in [1.54, 1.807) is 23.8 Å². The van der Waals surface area contributed by atoms with Gasteiger partial charge in [-0.15, -0.1) is 11.3 Å². The summed E-state index contributed by atoms with van der Waals surface area (Å²) in [5, 5.41) is 9.02. The summed E-state index contributed by atoms with van der Waals surface area (Å²) < 4.78 is 0. The van der Waals surface area contributed by atoms with E-state index in [9.17, 15) is 9.59 Å². The van der Waals surface area contributed by atoms with Crippen LogP contribution in [0.1, 0.15) is 51.4 Å². The summed E-state index contributed by atoms with van der Waals surface area (Å²) in [6, 6.07) is 1.69. The third-order valence-electron chi connectivity index (χ3n) is 4.53. The van der Waals surface area contributed by atoms with Crippen LogP contribution in [0.5, 0.6) is 0 Å². The number of thiophene rings is 1. The molecule has 0 bridgehead atoms. The van der Waals surface area contributed by atoms with Gasteiger partial charge in [-0.25, -0.2) is 9.97 Å². The fourth-order valence-corrected chi connectivity index (χ4v) is 4.05. The Kier molecular flexibility index (Phi) is 4.04. The highest BCUT2D eigenvalue weighted by Crippen LogP contribution is 2.30. The van der Waals surface area contributed by atoms with Gasteiger partial charge in [0.25, 0.3) is 5.91 Å². The fraction of sp³-hybridized carbons (Fsp3) is 0.353. The number of nitrogens with one attached hydrogen (secondary N) is 1. The third-order valence-corrected chi connectivity index (χ3v) is 5.56. The molecule has 3 aromatic heterocycles. The maximum absolute atomic E-state index is 12.8. The van der Waals surface area contributed by atoms with Crippen molar-refractivity contribution in [2.75, 3.05) is 13.1 Å². The van der Waals surface area contributed by atoms with Crippen molar-refractivity contribution in [3.8, 4) is 0 Å². The van der Waals surface area contributed by atoms with Gasteiger partial charge in [0.1, 0.15) is 5.52 Å². The van der Waals surface area contributed by atoms with Gasteiger partial charge in [0, 0.05) is 36.8 Å². The van der Waals surface area contributed by atoms with Crippen molar-refractivity contribution in [2.45, 2.75) is 25.7 Å². The Morgan fingerprint density at radius 2 is 2.16 bits per heavy atom. The minimum absolute atomic E-state index is 0.0110. The quantitative estimate of drug-likeness (QED) is 0.729. The number of likely N-dealkylation sites (tertiary alicyclic amines) is 1. The van der Waals surface area contributed by atoms with E-state index in [0.717, 1.165) is 30.6 Å². The first-order valence-corrected chi connectivity index (χ1v) is 9.05. The van der Waals surface area contributed by atoms with Gasteiger partial charge in [-0.2, -0.15) is 5.10 Å². The van der Waals surface area contributed by atoms with Crippen molar-refractivity contribution in [1.82, 2.24) is 25.1 Å². The zero-order valence-electron chi connectivity index (χ0n) is 13.7. The molecule has 0 aliphatic carbocycles. The van der Waals surface area contributed by atoms with Crippen molar-refractivity contribution < 1.29 is 9.59 Å². The Hall–Kier alpha value is -2.61. The van der Waals surface area contributed by atoms with Crippen LogP contribution in [0.4, 0.5) is 0 Å². The van der Waals surface area contributed by atoms with Crippen LogP contribution in [0, 0.1) is 0 Å². The van der Waals surface area contributed by atoms with Crippen LogP contribution >= 0.6 is 11.3 Å². The number of hydrogen-bond donors (Lipinski definition) is 1. The number of amides is 1. The Morgan fingerprint density at radius 1 is 1.32 bits per heavy atom. The minimum Gasteiger partial charge on any atom is -0.338 e. The van der Waals surface area contributed by atoms with Crippen LogP contribution in [0.2, 0.25) is 0 Å². The maximum atomic E-state index is 12.8. The molecule has 1 N–H and O–H groups in total. The predicted octanol–water partition coefficient (Wildman–Crippen LogP) is 2.64. The average molecular weight is 355 g/mol. The molecule has 1 atom stereocenters. The lowest BCUT2D eigenvalue weighted by molar-refractivity contribution is 0.0706. The van der Waals surface area contributed by atoms with Crippen LogP contribution in [-0.2, 0) is 0 Å². The first-order valence-electron chi connectivity index (χ1n) is 8.17. The largest absolute Gasteiger partial charge is 0.338 e. The van der Waals surface area contributed by atoms with E-state index >= 15 is 0 Å². The lowest BCUT2D eigenvalue weighted by atomic mass is 9.94. The number of H-pyrrole nitrogens is 1. The van der Waals surface area contributed by atoms with Crippen molar-refractivity contribution in [1.29, 1.82) is 0 Å². The molecule has 1 fully saturated rings. The molecule has 1 aliphatic heterocycles. The zero-order valence-corrected chi connectivity index (χ0v) is 14.5. The standard InChI is InChI=1S/C17H17N5O2S/c1-10(23)13-7-12(9-25-13)17(24)22-6-2-3-11(8-22)14-15-16(21-20-14)19-5-4-18-15/h4-5,7,9,11H,2-3,6,8H2,1H3,(H,19,20,21). The molecule has 1 unspecified atom stereocenters. The number of aromatic amines is 1. The molecular weight excluding hydrogens is 338 g/mol. The molecule has 0 aromatic carbocycles. The summed E-state index contributed by atoms with van der Waals surface area (Å²) in [6.07, 6.45) is 5.16. The van der Waals surface area contributed by atoms with Gasteiger partial charge in [0.05, 0.1) is 16.1 Å². The zero-order chi connectivity index (χ0) is 17.4. The molecule has 0 saturated carbocycles. The van der Waals surface area contributed by atoms with Crippen LogP contribution < -0.4 is 0 Å². The van der Waals surface area contributed by atoms with E-state index in [2.05, 4.69) is 20.2 Å². The van der Waals surface area contributed by atoms with Crippen LogP contribution in [-0.4, -0.2) is 49.8 Å². The van der Waals surface area contributed by atoms with Crippen molar-refractivity contribution in [3.63, 3.8) is 0 Å². The predicted molar refractivity (Wildman–Crippen MR) is 93.9 cm³/mol.